The molecule has 126 valence electrons. The minimum atomic E-state index is -0.129. The molecule has 0 aliphatic carbocycles. The zero-order valence-electron chi connectivity index (χ0n) is 13.6. The monoisotopic (exact) mass is 353 g/mol. The van der Waals surface area contributed by atoms with E-state index in [1.165, 1.54) is 5.56 Å². The molecule has 1 aromatic heterocycles. The summed E-state index contributed by atoms with van der Waals surface area (Å²) in [5, 5.41) is 4.62. The molecular formula is C19H16ClN3O2. The largest absolute Gasteiger partial charge is 0.339 e. The summed E-state index contributed by atoms with van der Waals surface area (Å²) in [6.45, 7) is 2.51. The van der Waals surface area contributed by atoms with Gasteiger partial charge in [-0.25, -0.2) is 0 Å². The van der Waals surface area contributed by atoms with Gasteiger partial charge in [-0.05, 0) is 19.1 Å². The van der Waals surface area contributed by atoms with E-state index < -0.39 is 0 Å². The second kappa shape index (κ2) is 6.33. The minimum Gasteiger partial charge on any atom is -0.339 e. The summed E-state index contributed by atoms with van der Waals surface area (Å²) in [5.74, 6) is 0.903. The molecule has 0 saturated carbocycles. The van der Waals surface area contributed by atoms with Crippen LogP contribution in [0, 0.1) is 6.92 Å². The van der Waals surface area contributed by atoms with Crippen molar-refractivity contribution in [3.8, 4) is 11.4 Å². The van der Waals surface area contributed by atoms with Crippen molar-refractivity contribution >= 4 is 23.2 Å². The molecule has 1 unspecified atom stereocenters. The predicted octanol–water partition coefficient (Wildman–Crippen LogP) is 4.22. The van der Waals surface area contributed by atoms with E-state index in [1.54, 1.807) is 11.0 Å². The Kier molecular flexibility index (Phi) is 4.01. The van der Waals surface area contributed by atoms with E-state index >= 15 is 0 Å². The Hall–Kier alpha value is -2.66. The molecule has 3 aromatic rings. The number of rotatable bonds is 3. The average Bonchev–Trinajstić information content (AvgIpc) is 3.23. The van der Waals surface area contributed by atoms with Crippen molar-refractivity contribution < 1.29 is 9.32 Å². The van der Waals surface area contributed by atoms with Crippen molar-refractivity contribution in [2.45, 2.75) is 19.3 Å². The highest BCUT2D eigenvalue weighted by molar-refractivity contribution is 6.33. The van der Waals surface area contributed by atoms with Crippen LogP contribution in [0.1, 0.15) is 23.8 Å². The summed E-state index contributed by atoms with van der Waals surface area (Å²) >= 11 is 6.21. The summed E-state index contributed by atoms with van der Waals surface area (Å²) in [7, 11) is 0. The number of hydrogen-bond acceptors (Lipinski definition) is 4. The van der Waals surface area contributed by atoms with Crippen LogP contribution in [-0.4, -0.2) is 22.6 Å². The maximum Gasteiger partial charge on any atom is 0.232 e. The van der Waals surface area contributed by atoms with E-state index in [-0.39, 0.29) is 11.8 Å². The number of carbonyl (C=O) groups is 1. The molecule has 0 N–H and O–H groups in total. The third-order valence-electron chi connectivity index (χ3n) is 4.37. The number of carbonyl (C=O) groups excluding carboxylic acids is 1. The fourth-order valence-corrected chi connectivity index (χ4v) is 3.24. The fourth-order valence-electron chi connectivity index (χ4n) is 3.00. The van der Waals surface area contributed by atoms with E-state index in [9.17, 15) is 4.79 Å². The lowest BCUT2D eigenvalue weighted by Gasteiger charge is -2.17. The zero-order chi connectivity index (χ0) is 17.4. The molecule has 0 spiro atoms. The number of hydrogen-bond donors (Lipinski definition) is 0. The van der Waals surface area contributed by atoms with Crippen LogP contribution in [-0.2, 0) is 4.79 Å². The van der Waals surface area contributed by atoms with Crippen LogP contribution in [0.4, 0.5) is 5.69 Å². The van der Waals surface area contributed by atoms with E-state index in [0.29, 0.717) is 29.7 Å². The number of para-hydroxylation sites is 1. The fraction of sp³-hybridized carbons (Fsp3) is 0.211. The van der Waals surface area contributed by atoms with Crippen molar-refractivity contribution in [2.24, 2.45) is 0 Å². The first-order valence-corrected chi connectivity index (χ1v) is 8.45. The molecule has 1 saturated heterocycles. The SMILES string of the molecule is Cc1ccc(-c2noc(C3CC(=O)N(c4ccccc4Cl)C3)n2)cc1. The molecule has 1 amide bonds. The molecule has 5 nitrogen and oxygen atoms in total. The lowest BCUT2D eigenvalue weighted by Crippen LogP contribution is -2.24. The molecule has 2 heterocycles. The van der Waals surface area contributed by atoms with Gasteiger partial charge in [0.2, 0.25) is 17.6 Å². The predicted molar refractivity (Wildman–Crippen MR) is 95.6 cm³/mol. The Balaban J connectivity index is 1.57. The van der Waals surface area contributed by atoms with Crippen molar-refractivity contribution in [1.82, 2.24) is 10.1 Å². The average molecular weight is 354 g/mol. The van der Waals surface area contributed by atoms with Gasteiger partial charge in [-0.2, -0.15) is 4.98 Å². The Bertz CT molecular complexity index is 920. The lowest BCUT2D eigenvalue weighted by atomic mass is 10.1. The first kappa shape index (κ1) is 15.8. The lowest BCUT2D eigenvalue weighted by molar-refractivity contribution is -0.117. The number of benzene rings is 2. The van der Waals surface area contributed by atoms with Gasteiger partial charge >= 0.3 is 0 Å². The van der Waals surface area contributed by atoms with Crippen LogP contribution < -0.4 is 4.90 Å². The van der Waals surface area contributed by atoms with E-state index in [0.717, 1.165) is 11.3 Å². The Morgan fingerprint density at radius 1 is 1.16 bits per heavy atom. The van der Waals surface area contributed by atoms with E-state index in [1.807, 2.05) is 49.4 Å². The molecule has 1 fully saturated rings. The molecule has 0 bridgehead atoms. The van der Waals surface area contributed by atoms with Gasteiger partial charge < -0.3 is 9.42 Å². The second-order valence-electron chi connectivity index (χ2n) is 6.18. The molecule has 4 rings (SSSR count). The maximum atomic E-state index is 12.4. The Labute approximate surface area is 150 Å². The maximum absolute atomic E-state index is 12.4. The van der Waals surface area contributed by atoms with Crippen molar-refractivity contribution in [3.63, 3.8) is 0 Å². The molecule has 2 aromatic carbocycles. The number of aromatic nitrogens is 2. The smallest absolute Gasteiger partial charge is 0.232 e. The van der Waals surface area contributed by atoms with E-state index in [2.05, 4.69) is 10.1 Å². The van der Waals surface area contributed by atoms with Crippen LogP contribution >= 0.6 is 11.6 Å². The normalized spacial score (nSPS) is 17.3. The van der Waals surface area contributed by atoms with Crippen LogP contribution in [0.2, 0.25) is 5.02 Å². The van der Waals surface area contributed by atoms with Crippen molar-refractivity contribution in [1.29, 1.82) is 0 Å². The second-order valence-corrected chi connectivity index (χ2v) is 6.59. The topological polar surface area (TPSA) is 59.2 Å². The standard InChI is InChI=1S/C19H16ClN3O2/c1-12-6-8-13(9-7-12)18-21-19(25-22-18)14-10-17(24)23(11-14)16-5-3-2-4-15(16)20/h2-9,14H,10-11H2,1H3. The van der Waals surface area contributed by atoms with Crippen LogP contribution in [0.25, 0.3) is 11.4 Å². The highest BCUT2D eigenvalue weighted by atomic mass is 35.5. The molecule has 1 aliphatic heterocycles. The van der Waals surface area contributed by atoms with Gasteiger partial charge in [0.15, 0.2) is 0 Å². The molecule has 1 aliphatic rings. The summed E-state index contributed by atoms with van der Waals surface area (Å²) in [4.78, 5) is 18.6. The number of aryl methyl sites for hydroxylation is 1. The number of halogens is 1. The first-order chi connectivity index (χ1) is 12.1. The third-order valence-corrected chi connectivity index (χ3v) is 4.69. The van der Waals surface area contributed by atoms with Gasteiger partial charge in [0.05, 0.1) is 16.6 Å². The molecular weight excluding hydrogens is 338 g/mol. The van der Waals surface area contributed by atoms with Gasteiger partial charge in [-0.15, -0.1) is 0 Å². The zero-order valence-corrected chi connectivity index (χ0v) is 14.4. The highest BCUT2D eigenvalue weighted by Gasteiger charge is 2.35. The highest BCUT2D eigenvalue weighted by Crippen LogP contribution is 2.35. The van der Waals surface area contributed by atoms with Crippen LogP contribution in [0.3, 0.4) is 0 Å². The van der Waals surface area contributed by atoms with Gasteiger partial charge in [0.1, 0.15) is 0 Å². The summed E-state index contributed by atoms with van der Waals surface area (Å²) in [6, 6.07) is 15.3. The van der Waals surface area contributed by atoms with Crippen LogP contribution in [0.5, 0.6) is 0 Å². The van der Waals surface area contributed by atoms with Gasteiger partial charge in [-0.1, -0.05) is 58.7 Å². The minimum absolute atomic E-state index is 0.00758. The Morgan fingerprint density at radius 2 is 1.92 bits per heavy atom. The van der Waals surface area contributed by atoms with Gasteiger partial charge in [0.25, 0.3) is 0 Å². The summed E-state index contributed by atoms with van der Waals surface area (Å²) in [5.41, 5.74) is 2.78. The first-order valence-electron chi connectivity index (χ1n) is 8.07. The third kappa shape index (κ3) is 3.03. The molecule has 25 heavy (non-hydrogen) atoms. The molecule has 6 heteroatoms. The van der Waals surface area contributed by atoms with Crippen molar-refractivity contribution in [3.05, 3.63) is 65.0 Å². The molecule has 1 atom stereocenters. The quantitative estimate of drug-likeness (QED) is 0.707. The summed E-state index contributed by atoms with van der Waals surface area (Å²) in [6.07, 6.45) is 0.334. The van der Waals surface area contributed by atoms with Gasteiger partial charge in [-0.3, -0.25) is 4.79 Å². The van der Waals surface area contributed by atoms with E-state index in [4.69, 9.17) is 16.1 Å². The summed E-state index contributed by atoms with van der Waals surface area (Å²) < 4.78 is 5.42. The number of amides is 1. The van der Waals surface area contributed by atoms with Crippen molar-refractivity contribution in [2.75, 3.05) is 11.4 Å². The molecule has 0 radical (unpaired) electrons. The number of anilines is 1. The Morgan fingerprint density at radius 3 is 2.68 bits per heavy atom. The van der Waals surface area contributed by atoms with Crippen LogP contribution in [0.15, 0.2) is 53.1 Å². The van der Waals surface area contributed by atoms with Gasteiger partial charge in [0, 0.05) is 18.5 Å². The number of nitrogens with zero attached hydrogens (tertiary/aromatic N) is 3.